The Morgan fingerprint density at radius 2 is 1.58 bits per heavy atom. The Morgan fingerprint density at radius 1 is 0.935 bits per heavy atom. The van der Waals surface area contributed by atoms with Crippen LogP contribution < -0.4 is 4.74 Å². The van der Waals surface area contributed by atoms with Crippen molar-refractivity contribution in [2.24, 2.45) is 5.10 Å². The summed E-state index contributed by atoms with van der Waals surface area (Å²) in [6.07, 6.45) is 0.564. The maximum absolute atomic E-state index is 13.0. The molecular weight excluding hydrogens is 392 g/mol. The van der Waals surface area contributed by atoms with Crippen LogP contribution >= 0.6 is 0 Å². The lowest BCUT2D eigenvalue weighted by Crippen LogP contribution is -2.31. The number of nitrogens with zero attached hydrogens (tertiary/aromatic N) is 2. The van der Waals surface area contributed by atoms with E-state index in [2.05, 4.69) is 5.10 Å². The first kappa shape index (κ1) is 20.3. The summed E-state index contributed by atoms with van der Waals surface area (Å²) < 4.78 is 10.5. The fourth-order valence-corrected chi connectivity index (χ4v) is 3.48. The van der Waals surface area contributed by atoms with Gasteiger partial charge in [0.15, 0.2) is 6.61 Å². The number of esters is 1. The fourth-order valence-electron chi connectivity index (χ4n) is 3.48. The van der Waals surface area contributed by atoms with Gasteiger partial charge in [0.05, 0.1) is 24.4 Å². The highest BCUT2D eigenvalue weighted by atomic mass is 16.5. The van der Waals surface area contributed by atoms with Crippen LogP contribution in [-0.4, -0.2) is 36.3 Å². The van der Waals surface area contributed by atoms with Gasteiger partial charge in [0, 0.05) is 6.42 Å². The van der Waals surface area contributed by atoms with Crippen LogP contribution in [0.5, 0.6) is 5.75 Å². The second-order valence-corrected chi connectivity index (χ2v) is 7.09. The zero-order valence-electron chi connectivity index (χ0n) is 17.1. The van der Waals surface area contributed by atoms with E-state index in [-0.39, 0.29) is 18.6 Å². The molecule has 3 aromatic rings. The fraction of sp³-hybridized carbons (Fsp3) is 0.160. The molecule has 1 amide bonds. The smallest absolute Gasteiger partial charge is 0.338 e. The van der Waals surface area contributed by atoms with Crippen molar-refractivity contribution in [1.82, 2.24) is 5.01 Å². The van der Waals surface area contributed by atoms with Gasteiger partial charge in [-0.3, -0.25) is 4.79 Å². The molecule has 1 atom stereocenters. The predicted octanol–water partition coefficient (Wildman–Crippen LogP) is 4.23. The number of rotatable bonds is 6. The first-order chi connectivity index (χ1) is 15.2. The highest BCUT2D eigenvalue weighted by Crippen LogP contribution is 2.33. The van der Waals surface area contributed by atoms with Crippen LogP contribution in [0.15, 0.2) is 90.0 Å². The molecule has 0 spiro atoms. The second-order valence-electron chi connectivity index (χ2n) is 7.09. The number of benzene rings is 3. The Bertz CT molecular complexity index is 1080. The Hall–Kier alpha value is -3.93. The lowest BCUT2D eigenvalue weighted by Gasteiger charge is -2.22. The molecule has 0 fully saturated rings. The number of hydrazone groups is 1. The van der Waals surface area contributed by atoms with Crippen LogP contribution in [0.3, 0.4) is 0 Å². The number of methoxy groups -OCH3 is 1. The second kappa shape index (κ2) is 9.26. The van der Waals surface area contributed by atoms with Crippen LogP contribution in [0.2, 0.25) is 0 Å². The minimum Gasteiger partial charge on any atom is -0.497 e. The Morgan fingerprint density at radius 3 is 2.23 bits per heavy atom. The molecule has 3 aromatic carbocycles. The summed E-state index contributed by atoms with van der Waals surface area (Å²) in [5.41, 5.74) is 3.09. The largest absolute Gasteiger partial charge is 0.497 e. The average Bonchev–Trinajstić information content (AvgIpc) is 3.29. The monoisotopic (exact) mass is 414 g/mol. The molecule has 0 saturated heterocycles. The van der Waals surface area contributed by atoms with Crippen molar-refractivity contribution in [3.05, 3.63) is 102 Å². The third-order valence-corrected chi connectivity index (χ3v) is 5.11. The molecule has 0 saturated carbocycles. The van der Waals surface area contributed by atoms with E-state index in [9.17, 15) is 9.59 Å². The molecule has 1 heterocycles. The summed E-state index contributed by atoms with van der Waals surface area (Å²) in [5.74, 6) is -0.182. The summed E-state index contributed by atoms with van der Waals surface area (Å²) in [6, 6.07) is 25.6. The molecule has 0 bridgehead atoms. The maximum Gasteiger partial charge on any atom is 0.338 e. The number of amides is 1. The molecule has 0 aromatic heterocycles. The van der Waals surface area contributed by atoms with E-state index in [0.29, 0.717) is 12.0 Å². The Balaban J connectivity index is 1.54. The van der Waals surface area contributed by atoms with Crippen molar-refractivity contribution in [2.75, 3.05) is 13.7 Å². The van der Waals surface area contributed by atoms with Gasteiger partial charge in [-0.25, -0.2) is 9.80 Å². The molecule has 31 heavy (non-hydrogen) atoms. The molecule has 6 nitrogen and oxygen atoms in total. The third-order valence-electron chi connectivity index (χ3n) is 5.11. The molecule has 1 aliphatic heterocycles. The first-order valence-corrected chi connectivity index (χ1v) is 9.97. The molecule has 4 rings (SSSR count). The maximum atomic E-state index is 13.0. The molecular formula is C25H22N2O4. The van der Waals surface area contributed by atoms with Crippen LogP contribution in [0.1, 0.15) is 33.9 Å². The van der Waals surface area contributed by atoms with Gasteiger partial charge in [-0.1, -0.05) is 60.7 Å². The van der Waals surface area contributed by atoms with E-state index in [1.54, 1.807) is 31.4 Å². The van der Waals surface area contributed by atoms with E-state index >= 15 is 0 Å². The van der Waals surface area contributed by atoms with Crippen molar-refractivity contribution in [3.63, 3.8) is 0 Å². The van der Waals surface area contributed by atoms with Gasteiger partial charge in [0.25, 0.3) is 5.91 Å². The number of hydrogen-bond donors (Lipinski definition) is 0. The number of ether oxygens (including phenoxy) is 2. The van der Waals surface area contributed by atoms with E-state index in [4.69, 9.17) is 9.47 Å². The predicted molar refractivity (Wildman–Crippen MR) is 117 cm³/mol. The van der Waals surface area contributed by atoms with Crippen molar-refractivity contribution < 1.29 is 19.1 Å². The van der Waals surface area contributed by atoms with Crippen molar-refractivity contribution in [2.45, 2.75) is 12.5 Å². The number of carbonyl (C=O) groups excluding carboxylic acids is 2. The van der Waals surface area contributed by atoms with Gasteiger partial charge in [-0.05, 0) is 35.4 Å². The summed E-state index contributed by atoms with van der Waals surface area (Å²) in [7, 11) is 1.61. The van der Waals surface area contributed by atoms with E-state index in [1.165, 1.54) is 5.01 Å². The minimum absolute atomic E-state index is 0.288. The minimum atomic E-state index is -0.540. The number of carbonyl (C=O) groups is 2. The molecule has 156 valence electrons. The highest BCUT2D eigenvalue weighted by Gasteiger charge is 2.33. The van der Waals surface area contributed by atoms with Gasteiger partial charge in [-0.2, -0.15) is 5.10 Å². The number of hydrogen-bond acceptors (Lipinski definition) is 5. The molecule has 0 radical (unpaired) electrons. The van der Waals surface area contributed by atoms with Gasteiger partial charge in [-0.15, -0.1) is 0 Å². The van der Waals surface area contributed by atoms with Crippen molar-refractivity contribution >= 4 is 17.6 Å². The quantitative estimate of drug-likeness (QED) is 0.566. The van der Waals surface area contributed by atoms with E-state index in [0.717, 1.165) is 22.6 Å². The summed E-state index contributed by atoms with van der Waals surface area (Å²) >= 11 is 0. The topological polar surface area (TPSA) is 68.2 Å². The zero-order chi connectivity index (χ0) is 21.6. The van der Waals surface area contributed by atoms with Gasteiger partial charge in [0.1, 0.15) is 5.75 Å². The molecule has 1 aliphatic rings. The van der Waals surface area contributed by atoms with Gasteiger partial charge < -0.3 is 9.47 Å². The van der Waals surface area contributed by atoms with Crippen LogP contribution in [0.25, 0.3) is 0 Å². The standard InChI is InChI=1S/C25H22N2O4/c1-30-21-14-12-19(13-15-21)23-16-22(18-8-4-2-5-9-18)26-27(23)24(28)17-31-25(29)20-10-6-3-7-11-20/h2-15,23H,16-17H2,1H3/t23-/m0/s1. The SMILES string of the molecule is COc1ccc([C@@H]2CC(c3ccccc3)=NN2C(=O)COC(=O)c2ccccc2)cc1. The molecule has 0 aliphatic carbocycles. The third kappa shape index (κ3) is 4.64. The van der Waals surface area contributed by atoms with Crippen LogP contribution in [-0.2, 0) is 9.53 Å². The average molecular weight is 414 g/mol. The summed E-state index contributed by atoms with van der Waals surface area (Å²) in [6.45, 7) is -0.383. The summed E-state index contributed by atoms with van der Waals surface area (Å²) in [5, 5.41) is 6.01. The Kier molecular flexibility index (Phi) is 6.08. The first-order valence-electron chi connectivity index (χ1n) is 9.97. The molecule has 6 heteroatoms. The zero-order valence-corrected chi connectivity index (χ0v) is 17.1. The van der Waals surface area contributed by atoms with Crippen molar-refractivity contribution in [1.29, 1.82) is 0 Å². The van der Waals surface area contributed by atoms with E-state index < -0.39 is 5.97 Å². The lowest BCUT2D eigenvalue weighted by atomic mass is 9.98. The van der Waals surface area contributed by atoms with Crippen molar-refractivity contribution in [3.8, 4) is 5.75 Å². The van der Waals surface area contributed by atoms with E-state index in [1.807, 2.05) is 60.7 Å². The molecule has 0 unspecified atom stereocenters. The summed E-state index contributed by atoms with van der Waals surface area (Å²) in [4.78, 5) is 25.2. The normalized spacial score (nSPS) is 15.3. The van der Waals surface area contributed by atoms with Crippen LogP contribution in [0.4, 0.5) is 0 Å². The van der Waals surface area contributed by atoms with Gasteiger partial charge in [0.2, 0.25) is 0 Å². The van der Waals surface area contributed by atoms with Crippen LogP contribution in [0, 0.1) is 0 Å². The highest BCUT2D eigenvalue weighted by molar-refractivity contribution is 6.03. The molecule has 0 N–H and O–H groups in total. The van der Waals surface area contributed by atoms with Gasteiger partial charge >= 0.3 is 5.97 Å². The Labute approximate surface area is 180 Å². The lowest BCUT2D eigenvalue weighted by molar-refractivity contribution is -0.136.